The van der Waals surface area contributed by atoms with E-state index in [1.165, 1.54) is 0 Å². The minimum Gasteiger partial charge on any atom is -0.497 e. The van der Waals surface area contributed by atoms with Gasteiger partial charge in [0.25, 0.3) is 5.91 Å². The molecule has 4 nitrogen and oxygen atoms in total. The second-order valence-electron chi connectivity index (χ2n) is 3.92. The fourth-order valence-corrected chi connectivity index (χ4v) is 1.13. The molecular weight excluding hydrogens is 204 g/mol. The first-order chi connectivity index (χ1) is 7.48. The highest BCUT2D eigenvalue weighted by atomic mass is 16.5. The molecule has 0 heterocycles. The molecule has 0 spiro atoms. The molecule has 1 aromatic rings. The van der Waals surface area contributed by atoms with Crippen molar-refractivity contribution in [3.63, 3.8) is 0 Å². The Balaban J connectivity index is 2.78. The normalized spacial score (nSPS) is 10.4. The summed E-state index contributed by atoms with van der Waals surface area (Å²) in [6.45, 7) is 3.29. The van der Waals surface area contributed by atoms with Gasteiger partial charge in [-0.25, -0.2) is 0 Å². The number of methoxy groups -OCH3 is 1. The number of nitrogens with zero attached hydrogens (tertiary/aromatic N) is 1. The van der Waals surface area contributed by atoms with Gasteiger partial charge < -0.3 is 10.1 Å². The Bertz CT molecular complexity index is 416. The Morgan fingerprint density at radius 2 is 1.94 bits per heavy atom. The molecule has 0 saturated heterocycles. The zero-order chi connectivity index (χ0) is 12.2. The van der Waals surface area contributed by atoms with Crippen LogP contribution in [0.3, 0.4) is 0 Å². The smallest absolute Gasteiger partial charge is 0.252 e. The largest absolute Gasteiger partial charge is 0.497 e. The molecule has 1 aromatic carbocycles. The molecular formula is C12H14N2O2. The van der Waals surface area contributed by atoms with Crippen molar-refractivity contribution in [2.24, 2.45) is 0 Å². The molecule has 0 aliphatic rings. The van der Waals surface area contributed by atoms with E-state index >= 15 is 0 Å². The molecule has 0 radical (unpaired) electrons. The van der Waals surface area contributed by atoms with Crippen LogP contribution in [0, 0.1) is 11.3 Å². The number of hydrogen-bond donors (Lipinski definition) is 1. The van der Waals surface area contributed by atoms with Crippen molar-refractivity contribution >= 4 is 5.91 Å². The van der Waals surface area contributed by atoms with E-state index in [0.29, 0.717) is 11.3 Å². The van der Waals surface area contributed by atoms with Crippen LogP contribution in [-0.4, -0.2) is 18.6 Å². The van der Waals surface area contributed by atoms with Crippen molar-refractivity contribution in [3.05, 3.63) is 29.8 Å². The van der Waals surface area contributed by atoms with E-state index in [9.17, 15) is 4.79 Å². The lowest BCUT2D eigenvalue weighted by Crippen LogP contribution is -2.42. The predicted molar refractivity (Wildman–Crippen MR) is 60.2 cm³/mol. The second-order valence-corrected chi connectivity index (χ2v) is 3.92. The predicted octanol–water partition coefficient (Wildman–Crippen LogP) is 1.73. The van der Waals surface area contributed by atoms with E-state index in [1.807, 2.05) is 6.07 Å². The van der Waals surface area contributed by atoms with Gasteiger partial charge in [-0.1, -0.05) is 0 Å². The molecule has 4 heteroatoms. The van der Waals surface area contributed by atoms with Crippen LogP contribution in [0.5, 0.6) is 5.75 Å². The topological polar surface area (TPSA) is 62.1 Å². The molecule has 0 unspecified atom stereocenters. The van der Waals surface area contributed by atoms with Crippen LogP contribution in [0.4, 0.5) is 0 Å². The van der Waals surface area contributed by atoms with Gasteiger partial charge in [0.1, 0.15) is 11.3 Å². The fraction of sp³-hybridized carbons (Fsp3) is 0.333. The molecule has 0 aromatic heterocycles. The number of benzene rings is 1. The van der Waals surface area contributed by atoms with Gasteiger partial charge in [-0.05, 0) is 38.1 Å². The fourth-order valence-electron chi connectivity index (χ4n) is 1.13. The number of amides is 1. The molecule has 0 saturated carbocycles. The zero-order valence-corrected chi connectivity index (χ0v) is 9.57. The van der Waals surface area contributed by atoms with Gasteiger partial charge in [-0.3, -0.25) is 4.79 Å². The average Bonchev–Trinajstić information content (AvgIpc) is 2.28. The number of ether oxygens (including phenoxy) is 1. The van der Waals surface area contributed by atoms with E-state index in [1.54, 1.807) is 45.2 Å². The van der Waals surface area contributed by atoms with Crippen molar-refractivity contribution < 1.29 is 9.53 Å². The third kappa shape index (κ3) is 2.99. The van der Waals surface area contributed by atoms with E-state index in [-0.39, 0.29) is 5.91 Å². The summed E-state index contributed by atoms with van der Waals surface area (Å²) in [6.07, 6.45) is 0. The minimum atomic E-state index is -0.864. The lowest BCUT2D eigenvalue weighted by Gasteiger charge is -2.17. The molecule has 16 heavy (non-hydrogen) atoms. The summed E-state index contributed by atoms with van der Waals surface area (Å²) in [5, 5.41) is 11.4. The van der Waals surface area contributed by atoms with Gasteiger partial charge in [-0.15, -0.1) is 0 Å². The van der Waals surface area contributed by atoms with Crippen LogP contribution in [0.1, 0.15) is 24.2 Å². The molecule has 1 amide bonds. The standard InChI is InChI=1S/C12H14N2O2/c1-12(2,8-13)14-11(15)9-4-6-10(16-3)7-5-9/h4-7H,1-3H3,(H,14,15). The Labute approximate surface area is 94.8 Å². The maximum Gasteiger partial charge on any atom is 0.252 e. The number of carbonyl (C=O) groups is 1. The average molecular weight is 218 g/mol. The van der Waals surface area contributed by atoms with Crippen LogP contribution in [0.15, 0.2) is 24.3 Å². The molecule has 0 aliphatic carbocycles. The van der Waals surface area contributed by atoms with Gasteiger partial charge in [-0.2, -0.15) is 5.26 Å². The number of nitriles is 1. The number of nitrogens with one attached hydrogen (secondary N) is 1. The summed E-state index contributed by atoms with van der Waals surface area (Å²) in [6, 6.07) is 8.72. The van der Waals surface area contributed by atoms with Crippen LogP contribution >= 0.6 is 0 Å². The molecule has 1 N–H and O–H groups in total. The van der Waals surface area contributed by atoms with Crippen LogP contribution < -0.4 is 10.1 Å². The molecule has 1 rings (SSSR count). The summed E-state index contributed by atoms with van der Waals surface area (Å²) in [5.74, 6) is 0.422. The zero-order valence-electron chi connectivity index (χ0n) is 9.57. The quantitative estimate of drug-likeness (QED) is 0.840. The minimum absolute atomic E-state index is 0.269. The first-order valence-corrected chi connectivity index (χ1v) is 4.86. The van der Waals surface area contributed by atoms with E-state index in [2.05, 4.69) is 5.32 Å². The molecule has 0 fully saturated rings. The first kappa shape index (κ1) is 12.1. The molecule has 84 valence electrons. The highest BCUT2D eigenvalue weighted by molar-refractivity contribution is 5.95. The summed E-state index contributed by atoms with van der Waals surface area (Å²) in [7, 11) is 1.56. The number of carbonyl (C=O) groups excluding carboxylic acids is 1. The van der Waals surface area contributed by atoms with Crippen molar-refractivity contribution in [3.8, 4) is 11.8 Å². The summed E-state index contributed by atoms with van der Waals surface area (Å²) < 4.78 is 4.99. The SMILES string of the molecule is COc1ccc(C(=O)NC(C)(C)C#N)cc1. The number of hydrogen-bond acceptors (Lipinski definition) is 3. The van der Waals surface area contributed by atoms with Gasteiger partial charge in [0.2, 0.25) is 0 Å². The van der Waals surface area contributed by atoms with Gasteiger partial charge >= 0.3 is 0 Å². The van der Waals surface area contributed by atoms with Gasteiger partial charge in [0, 0.05) is 5.56 Å². The second kappa shape index (κ2) is 4.67. The first-order valence-electron chi connectivity index (χ1n) is 4.86. The highest BCUT2D eigenvalue weighted by Gasteiger charge is 2.19. The Morgan fingerprint density at radius 1 is 1.38 bits per heavy atom. The number of rotatable bonds is 3. The van der Waals surface area contributed by atoms with Crippen LogP contribution in [0.25, 0.3) is 0 Å². The van der Waals surface area contributed by atoms with E-state index < -0.39 is 5.54 Å². The summed E-state index contributed by atoms with van der Waals surface area (Å²) in [5.41, 5.74) is -0.360. The van der Waals surface area contributed by atoms with Gasteiger partial charge in [0.05, 0.1) is 13.2 Å². The lowest BCUT2D eigenvalue weighted by molar-refractivity contribution is 0.0929. The lowest BCUT2D eigenvalue weighted by atomic mass is 10.1. The van der Waals surface area contributed by atoms with E-state index in [0.717, 1.165) is 0 Å². The third-order valence-electron chi connectivity index (χ3n) is 2.06. The highest BCUT2D eigenvalue weighted by Crippen LogP contribution is 2.12. The van der Waals surface area contributed by atoms with E-state index in [4.69, 9.17) is 10.00 Å². The van der Waals surface area contributed by atoms with Crippen molar-refractivity contribution in [2.45, 2.75) is 19.4 Å². The monoisotopic (exact) mass is 218 g/mol. The maximum atomic E-state index is 11.7. The Hall–Kier alpha value is -2.02. The summed E-state index contributed by atoms with van der Waals surface area (Å²) >= 11 is 0. The van der Waals surface area contributed by atoms with Crippen molar-refractivity contribution in [1.29, 1.82) is 5.26 Å². The summed E-state index contributed by atoms with van der Waals surface area (Å²) in [4.78, 5) is 11.7. The Kier molecular flexibility index (Phi) is 3.51. The van der Waals surface area contributed by atoms with Crippen molar-refractivity contribution in [2.75, 3.05) is 7.11 Å². The maximum absolute atomic E-state index is 11.7. The molecule has 0 atom stereocenters. The molecule has 0 aliphatic heterocycles. The van der Waals surface area contributed by atoms with Crippen molar-refractivity contribution in [1.82, 2.24) is 5.32 Å². The van der Waals surface area contributed by atoms with Crippen LogP contribution in [0.2, 0.25) is 0 Å². The van der Waals surface area contributed by atoms with Crippen LogP contribution in [-0.2, 0) is 0 Å². The Morgan fingerprint density at radius 3 is 2.38 bits per heavy atom. The third-order valence-corrected chi connectivity index (χ3v) is 2.06. The van der Waals surface area contributed by atoms with Gasteiger partial charge in [0.15, 0.2) is 0 Å². The molecule has 0 bridgehead atoms.